The van der Waals surface area contributed by atoms with E-state index in [2.05, 4.69) is 14.9 Å². The van der Waals surface area contributed by atoms with Gasteiger partial charge in [-0.15, -0.1) is 0 Å². The van der Waals surface area contributed by atoms with Crippen molar-refractivity contribution < 1.29 is 22.7 Å². The molecule has 0 radical (unpaired) electrons. The smallest absolute Gasteiger partial charge is 0.426 e. The summed E-state index contributed by atoms with van der Waals surface area (Å²) in [4.78, 5) is 22.3. The summed E-state index contributed by atoms with van der Waals surface area (Å²) in [5.41, 5.74) is 4.87. The number of nitrogens with one attached hydrogen (secondary N) is 3. The van der Waals surface area contributed by atoms with Gasteiger partial charge >= 0.3 is 6.09 Å². The van der Waals surface area contributed by atoms with E-state index in [1.807, 2.05) is 11.5 Å². The Hall–Kier alpha value is -2.39. The van der Waals surface area contributed by atoms with E-state index in [0.29, 0.717) is 0 Å². The molecule has 2 amide bonds. The van der Waals surface area contributed by atoms with Gasteiger partial charge in [-0.1, -0.05) is 30.3 Å². The van der Waals surface area contributed by atoms with Gasteiger partial charge in [0.05, 0.1) is 6.61 Å². The fourth-order valence-corrected chi connectivity index (χ4v) is 2.26. The molecular weight excluding hydrogens is 322 g/mol. The lowest BCUT2D eigenvalue weighted by Crippen LogP contribution is -2.43. The molecule has 0 fully saturated rings. The fraction of sp³-hybridized carbons (Fsp3) is 0.286. The highest BCUT2D eigenvalue weighted by atomic mass is 32.2. The Kier molecular flexibility index (Phi) is 7.78. The van der Waals surface area contributed by atoms with E-state index in [1.54, 1.807) is 31.2 Å². The molecule has 0 aliphatic heterocycles. The second kappa shape index (κ2) is 9.59. The Balaban J connectivity index is 2.32. The molecule has 0 saturated carbocycles. The third kappa shape index (κ3) is 8.59. The molecule has 0 unspecified atom stereocenters. The van der Waals surface area contributed by atoms with Crippen LogP contribution in [0.15, 0.2) is 35.7 Å². The van der Waals surface area contributed by atoms with Crippen LogP contribution in [0.25, 0.3) is 6.08 Å². The molecule has 23 heavy (non-hydrogen) atoms. The molecule has 0 aromatic heterocycles. The number of amides is 2. The molecule has 0 saturated heterocycles. The molecule has 126 valence electrons. The monoisotopic (exact) mass is 341 g/mol. The maximum Gasteiger partial charge on any atom is 0.426 e. The van der Waals surface area contributed by atoms with Crippen molar-refractivity contribution in [1.82, 2.24) is 15.6 Å². The quantitative estimate of drug-likeness (QED) is 0.633. The third-order valence-corrected chi connectivity index (χ3v) is 3.57. The molecule has 0 aliphatic carbocycles. The third-order valence-electron chi connectivity index (χ3n) is 2.47. The standard InChI is InChI=1S/C14H19N3O5S/c1-2-22-14(19)17-16-13(18)8-10-15-23(20,21)11-9-12-6-4-3-5-7-12/h3-7,9,11,15H,2,8,10H2,1H3,(H,16,18)(H,17,19). The zero-order valence-electron chi connectivity index (χ0n) is 12.6. The zero-order valence-corrected chi connectivity index (χ0v) is 13.4. The Bertz CT molecular complexity index is 644. The van der Waals surface area contributed by atoms with Crippen molar-refractivity contribution in [2.75, 3.05) is 13.2 Å². The minimum Gasteiger partial charge on any atom is -0.449 e. The van der Waals surface area contributed by atoms with Crippen molar-refractivity contribution in [3.63, 3.8) is 0 Å². The number of hydrazine groups is 1. The van der Waals surface area contributed by atoms with Crippen molar-refractivity contribution in [2.45, 2.75) is 13.3 Å². The first-order valence-corrected chi connectivity index (χ1v) is 8.42. The summed E-state index contributed by atoms with van der Waals surface area (Å²) in [5, 5.41) is 1.02. The number of hydrogen-bond donors (Lipinski definition) is 3. The van der Waals surface area contributed by atoms with Crippen LogP contribution in [0.1, 0.15) is 18.9 Å². The Morgan fingerprint density at radius 1 is 1.17 bits per heavy atom. The number of ether oxygens (including phenoxy) is 1. The van der Waals surface area contributed by atoms with Crippen LogP contribution in [0.4, 0.5) is 4.79 Å². The largest absolute Gasteiger partial charge is 0.449 e. The van der Waals surface area contributed by atoms with Crippen LogP contribution in [0.3, 0.4) is 0 Å². The van der Waals surface area contributed by atoms with Crippen LogP contribution >= 0.6 is 0 Å². The fourth-order valence-electron chi connectivity index (χ4n) is 1.44. The second-order valence-electron chi connectivity index (χ2n) is 4.30. The number of sulfonamides is 1. The maximum atomic E-state index is 11.7. The van der Waals surface area contributed by atoms with Gasteiger partial charge in [-0.05, 0) is 18.6 Å². The molecule has 0 bridgehead atoms. The summed E-state index contributed by atoms with van der Waals surface area (Å²) in [6, 6.07) is 8.94. The topological polar surface area (TPSA) is 114 Å². The summed E-state index contributed by atoms with van der Waals surface area (Å²) in [6.45, 7) is 1.70. The summed E-state index contributed by atoms with van der Waals surface area (Å²) >= 11 is 0. The molecular formula is C14H19N3O5S. The number of hydrogen-bond acceptors (Lipinski definition) is 5. The average molecular weight is 341 g/mol. The van der Waals surface area contributed by atoms with E-state index in [0.717, 1.165) is 11.0 Å². The Morgan fingerprint density at radius 3 is 2.52 bits per heavy atom. The molecule has 0 heterocycles. The van der Waals surface area contributed by atoms with Crippen LogP contribution < -0.4 is 15.6 Å². The van der Waals surface area contributed by atoms with Crippen molar-refractivity contribution in [3.05, 3.63) is 41.3 Å². The Labute approximate surface area is 134 Å². The van der Waals surface area contributed by atoms with E-state index < -0.39 is 22.0 Å². The van der Waals surface area contributed by atoms with Crippen molar-refractivity contribution in [2.24, 2.45) is 0 Å². The molecule has 9 heteroatoms. The number of rotatable bonds is 7. The van der Waals surface area contributed by atoms with Gasteiger partial charge in [-0.3, -0.25) is 10.2 Å². The van der Waals surface area contributed by atoms with Crippen LogP contribution in [0.5, 0.6) is 0 Å². The van der Waals surface area contributed by atoms with Crippen molar-refractivity contribution in [1.29, 1.82) is 0 Å². The summed E-state index contributed by atoms with van der Waals surface area (Å²) in [5.74, 6) is -0.548. The molecule has 1 rings (SSSR count). The molecule has 1 aromatic rings. The van der Waals surface area contributed by atoms with Gasteiger partial charge in [-0.2, -0.15) is 0 Å². The van der Waals surface area contributed by atoms with E-state index in [-0.39, 0.29) is 19.6 Å². The number of carbonyl (C=O) groups excluding carboxylic acids is 2. The summed E-state index contributed by atoms with van der Waals surface area (Å²) in [6.07, 6.45) is 0.530. The summed E-state index contributed by atoms with van der Waals surface area (Å²) < 4.78 is 30.2. The highest BCUT2D eigenvalue weighted by Gasteiger charge is 2.08. The predicted molar refractivity (Wildman–Crippen MR) is 85.3 cm³/mol. The van der Waals surface area contributed by atoms with Crippen LogP contribution in [0.2, 0.25) is 0 Å². The SMILES string of the molecule is CCOC(=O)NNC(=O)CCNS(=O)(=O)C=Cc1ccccc1. The first-order chi connectivity index (χ1) is 10.9. The molecule has 3 N–H and O–H groups in total. The van der Waals surface area contributed by atoms with Crippen molar-refractivity contribution in [3.8, 4) is 0 Å². The predicted octanol–water partition coefficient (Wildman–Crippen LogP) is 0.744. The van der Waals surface area contributed by atoms with Gasteiger partial charge in [-0.25, -0.2) is 23.4 Å². The van der Waals surface area contributed by atoms with E-state index >= 15 is 0 Å². The van der Waals surface area contributed by atoms with Crippen LogP contribution in [0, 0.1) is 0 Å². The first-order valence-electron chi connectivity index (χ1n) is 6.87. The van der Waals surface area contributed by atoms with Gasteiger partial charge in [0.2, 0.25) is 15.9 Å². The van der Waals surface area contributed by atoms with E-state index in [4.69, 9.17) is 0 Å². The van der Waals surface area contributed by atoms with Gasteiger partial charge in [0, 0.05) is 18.4 Å². The van der Waals surface area contributed by atoms with E-state index in [1.165, 1.54) is 6.08 Å². The van der Waals surface area contributed by atoms with Crippen LogP contribution in [-0.2, 0) is 19.6 Å². The summed E-state index contributed by atoms with van der Waals surface area (Å²) in [7, 11) is -3.64. The van der Waals surface area contributed by atoms with Crippen molar-refractivity contribution >= 4 is 28.1 Å². The van der Waals surface area contributed by atoms with Gasteiger partial charge in [0.25, 0.3) is 0 Å². The van der Waals surface area contributed by atoms with Gasteiger partial charge in [0.15, 0.2) is 0 Å². The van der Waals surface area contributed by atoms with Gasteiger partial charge < -0.3 is 4.74 Å². The lowest BCUT2D eigenvalue weighted by Gasteiger charge is -2.07. The molecule has 8 nitrogen and oxygen atoms in total. The highest BCUT2D eigenvalue weighted by Crippen LogP contribution is 2.02. The average Bonchev–Trinajstić information content (AvgIpc) is 2.52. The molecule has 1 aromatic carbocycles. The lowest BCUT2D eigenvalue weighted by atomic mass is 10.2. The zero-order chi connectivity index (χ0) is 17.1. The van der Waals surface area contributed by atoms with Gasteiger partial charge in [0.1, 0.15) is 0 Å². The molecule has 0 aliphatic rings. The second-order valence-corrected chi connectivity index (χ2v) is 5.95. The molecule has 0 spiro atoms. The Morgan fingerprint density at radius 2 is 1.87 bits per heavy atom. The normalized spacial score (nSPS) is 11.2. The van der Waals surface area contributed by atoms with Crippen LogP contribution in [-0.4, -0.2) is 33.6 Å². The maximum absolute atomic E-state index is 11.7. The van der Waals surface area contributed by atoms with E-state index in [9.17, 15) is 18.0 Å². The number of carbonyl (C=O) groups is 2. The highest BCUT2D eigenvalue weighted by molar-refractivity contribution is 7.92. The minimum atomic E-state index is -3.64. The first kappa shape index (κ1) is 18.7. The number of benzene rings is 1. The minimum absolute atomic E-state index is 0.0994. The molecule has 0 atom stereocenters. The lowest BCUT2D eigenvalue weighted by molar-refractivity contribution is -0.121.